The lowest BCUT2D eigenvalue weighted by molar-refractivity contribution is -0.139. The molecule has 0 unspecified atom stereocenters. The second-order valence-electron chi connectivity index (χ2n) is 9.41. The molecule has 0 spiro atoms. The molecule has 4 amide bonds. The number of benzene rings is 1. The van der Waals surface area contributed by atoms with E-state index in [2.05, 4.69) is 15.6 Å². The predicted molar refractivity (Wildman–Crippen MR) is 142 cm³/mol. The maximum atomic E-state index is 13.3. The Morgan fingerprint density at radius 2 is 1.76 bits per heavy atom. The predicted octanol–water partition coefficient (Wildman–Crippen LogP) is -1.44. The van der Waals surface area contributed by atoms with Gasteiger partial charge < -0.3 is 43.6 Å². The van der Waals surface area contributed by atoms with E-state index in [0.29, 0.717) is 45.2 Å². The van der Waals surface area contributed by atoms with Crippen molar-refractivity contribution < 1.29 is 24.3 Å². The molecular formula is C25H40N8O5. The van der Waals surface area contributed by atoms with Gasteiger partial charge in [-0.1, -0.05) is 12.1 Å². The zero-order valence-electron chi connectivity index (χ0n) is 21.6. The lowest BCUT2D eigenvalue weighted by Crippen LogP contribution is -2.54. The number of nitrogens with two attached hydrogens (primary N) is 4. The summed E-state index contributed by atoms with van der Waals surface area (Å²) in [6.07, 6.45) is 2.99. The number of unbranched alkanes of at least 4 members (excludes halogenated alkanes) is 1. The summed E-state index contributed by atoms with van der Waals surface area (Å²) in [4.78, 5) is 56.3. The summed E-state index contributed by atoms with van der Waals surface area (Å²) in [5.74, 6) is -1.70. The Bertz CT molecular complexity index is 980. The largest absolute Gasteiger partial charge is 0.508 e. The molecule has 38 heavy (non-hydrogen) atoms. The number of likely N-dealkylation sites (tertiary alicyclic amines) is 1. The van der Waals surface area contributed by atoms with Crippen molar-refractivity contribution in [3.63, 3.8) is 0 Å². The molecule has 210 valence electrons. The van der Waals surface area contributed by atoms with Crippen molar-refractivity contribution in [3.8, 4) is 5.75 Å². The van der Waals surface area contributed by atoms with Gasteiger partial charge in [0.25, 0.3) is 0 Å². The van der Waals surface area contributed by atoms with Crippen molar-refractivity contribution in [2.24, 2.45) is 27.9 Å². The molecule has 13 nitrogen and oxygen atoms in total. The first-order chi connectivity index (χ1) is 18.1. The molecule has 1 saturated heterocycles. The fraction of sp³-hybridized carbons (Fsp3) is 0.560. The third kappa shape index (κ3) is 10.2. The van der Waals surface area contributed by atoms with Crippen LogP contribution in [0, 0.1) is 0 Å². The van der Waals surface area contributed by atoms with Crippen LogP contribution in [0.4, 0.5) is 0 Å². The van der Waals surface area contributed by atoms with E-state index in [-0.39, 0.29) is 43.4 Å². The Labute approximate surface area is 222 Å². The second-order valence-corrected chi connectivity index (χ2v) is 9.41. The first-order valence-electron chi connectivity index (χ1n) is 12.8. The molecule has 1 heterocycles. The average Bonchev–Trinajstić information content (AvgIpc) is 3.34. The Balaban J connectivity index is 2.07. The number of primary amides is 1. The van der Waals surface area contributed by atoms with Gasteiger partial charge in [0.2, 0.25) is 23.6 Å². The smallest absolute Gasteiger partial charge is 0.243 e. The van der Waals surface area contributed by atoms with Crippen LogP contribution < -0.4 is 33.6 Å². The van der Waals surface area contributed by atoms with Crippen molar-refractivity contribution in [3.05, 3.63) is 29.8 Å². The van der Waals surface area contributed by atoms with Gasteiger partial charge >= 0.3 is 0 Å². The van der Waals surface area contributed by atoms with Crippen molar-refractivity contribution in [1.29, 1.82) is 0 Å². The number of hydrogen-bond acceptors (Lipinski definition) is 7. The Hall–Kier alpha value is -3.87. The second kappa shape index (κ2) is 15.4. The van der Waals surface area contributed by atoms with Gasteiger partial charge in [0.05, 0.1) is 6.42 Å². The van der Waals surface area contributed by atoms with Gasteiger partial charge in [0, 0.05) is 25.6 Å². The highest BCUT2D eigenvalue weighted by molar-refractivity contribution is 5.93. The van der Waals surface area contributed by atoms with Crippen LogP contribution in [-0.2, 0) is 25.6 Å². The molecule has 1 aromatic rings. The monoisotopic (exact) mass is 532 g/mol. The lowest BCUT2D eigenvalue weighted by Gasteiger charge is -2.27. The quantitative estimate of drug-likeness (QED) is 0.0801. The number of guanidine groups is 1. The molecule has 3 atom stereocenters. The third-order valence-electron chi connectivity index (χ3n) is 6.31. The number of aromatic hydroxyl groups is 1. The summed E-state index contributed by atoms with van der Waals surface area (Å²) in [5.41, 5.74) is 22.3. The van der Waals surface area contributed by atoms with Crippen LogP contribution in [0.15, 0.2) is 29.3 Å². The summed E-state index contributed by atoms with van der Waals surface area (Å²) in [7, 11) is 0. The van der Waals surface area contributed by atoms with Crippen LogP contribution in [0.3, 0.4) is 0 Å². The molecule has 0 aromatic heterocycles. The lowest BCUT2D eigenvalue weighted by atomic mass is 10.0. The van der Waals surface area contributed by atoms with Crippen LogP contribution in [0.2, 0.25) is 0 Å². The molecule has 13 heteroatoms. The summed E-state index contributed by atoms with van der Waals surface area (Å²) >= 11 is 0. The van der Waals surface area contributed by atoms with Crippen LogP contribution in [-0.4, -0.2) is 77.4 Å². The summed E-state index contributed by atoms with van der Waals surface area (Å²) in [5, 5.41) is 15.0. The van der Waals surface area contributed by atoms with E-state index < -0.39 is 35.8 Å². The van der Waals surface area contributed by atoms with Gasteiger partial charge in [-0.3, -0.25) is 24.2 Å². The van der Waals surface area contributed by atoms with Crippen LogP contribution >= 0.6 is 0 Å². The fourth-order valence-corrected chi connectivity index (χ4v) is 4.38. The average molecular weight is 533 g/mol. The van der Waals surface area contributed by atoms with Gasteiger partial charge in [0.1, 0.15) is 17.8 Å². The molecule has 0 aliphatic carbocycles. The summed E-state index contributed by atoms with van der Waals surface area (Å²) in [6, 6.07) is 4.12. The highest BCUT2D eigenvalue weighted by atomic mass is 16.3. The Morgan fingerprint density at radius 3 is 2.39 bits per heavy atom. The highest BCUT2D eigenvalue weighted by Crippen LogP contribution is 2.20. The van der Waals surface area contributed by atoms with Gasteiger partial charge in [-0.25, -0.2) is 0 Å². The molecule has 0 bridgehead atoms. The minimum absolute atomic E-state index is 0.0923. The molecule has 11 N–H and O–H groups in total. The van der Waals surface area contributed by atoms with E-state index in [1.165, 1.54) is 17.0 Å². The van der Waals surface area contributed by atoms with Gasteiger partial charge in [0.15, 0.2) is 5.96 Å². The molecular weight excluding hydrogens is 492 g/mol. The maximum absolute atomic E-state index is 13.3. The summed E-state index contributed by atoms with van der Waals surface area (Å²) in [6.45, 7) is 1.06. The first-order valence-corrected chi connectivity index (χ1v) is 12.8. The van der Waals surface area contributed by atoms with E-state index in [1.807, 2.05) is 0 Å². The molecule has 0 radical (unpaired) electrons. The normalized spacial score (nSPS) is 16.3. The van der Waals surface area contributed by atoms with Gasteiger partial charge in [-0.2, -0.15) is 0 Å². The van der Waals surface area contributed by atoms with Gasteiger partial charge in [-0.05, 0) is 62.8 Å². The molecule has 0 saturated carbocycles. The zero-order chi connectivity index (χ0) is 28.1. The number of nitrogens with one attached hydrogen (secondary N) is 2. The number of carbonyl (C=O) groups excluding carboxylic acids is 4. The van der Waals surface area contributed by atoms with Crippen molar-refractivity contribution >= 4 is 29.6 Å². The van der Waals surface area contributed by atoms with Crippen LogP contribution in [0.25, 0.3) is 0 Å². The fourth-order valence-electron chi connectivity index (χ4n) is 4.38. The first kappa shape index (κ1) is 30.4. The molecule has 1 aliphatic heterocycles. The van der Waals surface area contributed by atoms with Crippen LogP contribution in [0.1, 0.15) is 50.5 Å². The number of carbonyl (C=O) groups is 4. The topological polar surface area (TPSA) is 232 Å². The minimum atomic E-state index is -0.887. The molecule has 1 fully saturated rings. The molecule has 1 aromatic carbocycles. The highest BCUT2D eigenvalue weighted by Gasteiger charge is 2.36. The third-order valence-corrected chi connectivity index (χ3v) is 6.31. The van der Waals surface area contributed by atoms with E-state index in [0.717, 1.165) is 5.56 Å². The number of phenols is 1. The number of amides is 4. The molecule has 2 rings (SSSR count). The Kier molecular flexibility index (Phi) is 12.3. The minimum Gasteiger partial charge on any atom is -0.508 e. The van der Waals surface area contributed by atoms with E-state index >= 15 is 0 Å². The van der Waals surface area contributed by atoms with E-state index in [9.17, 15) is 24.3 Å². The number of phenolic OH excluding ortho intramolecular Hbond substituents is 1. The number of hydrogen-bond donors (Lipinski definition) is 7. The molecule has 1 aliphatic rings. The van der Waals surface area contributed by atoms with E-state index in [1.54, 1.807) is 12.1 Å². The van der Waals surface area contributed by atoms with E-state index in [4.69, 9.17) is 22.9 Å². The standard InChI is InChI=1S/C25H40N8O5/c26-11-2-1-4-19(23(37)31-17(15-21(27)35)10-12-30-25(28)29)32-24(38)20-5-3-13-33(20)22(36)14-16-6-8-18(34)9-7-16/h6-9,17,19-20,34H,1-5,10-15,26H2,(H2,27,35)(H,31,37)(H,32,38)(H4,28,29,30)/t17-,19+,20+/m1/s1. The van der Waals surface area contributed by atoms with Crippen molar-refractivity contribution in [2.75, 3.05) is 19.6 Å². The number of aliphatic imine (C=N–C) groups is 1. The zero-order valence-corrected chi connectivity index (χ0v) is 21.6. The SMILES string of the molecule is NCCCC[C@H](NC(=O)[C@@H]1CCCN1C(=O)Cc1ccc(O)cc1)C(=O)N[C@H](CCN=C(N)N)CC(N)=O. The Morgan fingerprint density at radius 1 is 1.05 bits per heavy atom. The van der Waals surface area contributed by atoms with Crippen LogP contribution in [0.5, 0.6) is 5.75 Å². The van der Waals surface area contributed by atoms with Crippen molar-refractivity contribution in [2.45, 2.75) is 69.5 Å². The summed E-state index contributed by atoms with van der Waals surface area (Å²) < 4.78 is 0. The van der Waals surface area contributed by atoms with Gasteiger partial charge in [-0.15, -0.1) is 0 Å². The number of rotatable bonds is 15. The van der Waals surface area contributed by atoms with Crippen molar-refractivity contribution in [1.82, 2.24) is 15.5 Å². The number of nitrogens with zero attached hydrogens (tertiary/aromatic N) is 2. The maximum Gasteiger partial charge on any atom is 0.243 e.